The molecular weight excluding hydrogens is 516 g/mol. The minimum absolute atomic E-state index is 0.0899. The molecule has 0 aromatic heterocycles. The maximum absolute atomic E-state index is 13.4. The fraction of sp³-hybridized carbons (Fsp3) is 0.448. The first kappa shape index (κ1) is 28.5. The van der Waals surface area contributed by atoms with E-state index in [2.05, 4.69) is 22.8 Å². The highest BCUT2D eigenvalue weighted by atomic mass is 32.2. The lowest BCUT2D eigenvalue weighted by molar-refractivity contribution is -0.132. The number of amides is 3. The van der Waals surface area contributed by atoms with Gasteiger partial charge in [0.15, 0.2) is 0 Å². The van der Waals surface area contributed by atoms with Gasteiger partial charge in [-0.25, -0.2) is 4.79 Å². The molecule has 0 unspecified atom stereocenters. The quantitative estimate of drug-likeness (QED) is 0.557. The number of benzene rings is 2. The number of hydrogen-bond acceptors (Lipinski definition) is 7. The summed E-state index contributed by atoms with van der Waals surface area (Å²) in [6.45, 7) is 5.90. The van der Waals surface area contributed by atoms with E-state index in [1.807, 2.05) is 36.4 Å². The first-order valence-corrected chi connectivity index (χ1v) is 13.9. The van der Waals surface area contributed by atoms with Crippen molar-refractivity contribution in [3.05, 3.63) is 48.0 Å². The number of hydrogen-bond donors (Lipinski definition) is 2. The highest BCUT2D eigenvalue weighted by molar-refractivity contribution is 8.00. The highest BCUT2D eigenvalue weighted by Crippen LogP contribution is 2.37. The molecule has 2 heterocycles. The number of fused-ring (bicyclic) bond motifs is 1. The summed E-state index contributed by atoms with van der Waals surface area (Å²) in [6, 6.07) is 15.3. The van der Waals surface area contributed by atoms with Crippen molar-refractivity contribution in [2.45, 2.75) is 62.1 Å². The highest BCUT2D eigenvalue weighted by Gasteiger charge is 2.43. The lowest BCUT2D eigenvalue weighted by Gasteiger charge is -2.37. The molecule has 0 aliphatic carbocycles. The van der Waals surface area contributed by atoms with Crippen LogP contribution in [0.5, 0.6) is 0 Å². The molecular formula is C29H34N4O5S. The Bertz CT molecular complexity index is 1280. The van der Waals surface area contributed by atoms with E-state index in [1.165, 1.54) is 11.8 Å². The van der Waals surface area contributed by atoms with Crippen LogP contribution in [-0.2, 0) is 25.5 Å². The molecule has 2 N–H and O–H groups in total. The summed E-state index contributed by atoms with van der Waals surface area (Å²) < 4.78 is 10.8. The molecule has 206 valence electrons. The summed E-state index contributed by atoms with van der Waals surface area (Å²) in [5, 5.41) is 15.4. The number of carbonyl (C=O) groups is 3. The number of nitrogens with zero attached hydrogens (tertiary/aromatic N) is 2. The molecule has 39 heavy (non-hydrogen) atoms. The van der Waals surface area contributed by atoms with E-state index in [0.29, 0.717) is 25.4 Å². The lowest BCUT2D eigenvalue weighted by Crippen LogP contribution is -2.63. The molecule has 2 aromatic rings. The zero-order valence-electron chi connectivity index (χ0n) is 22.7. The maximum atomic E-state index is 13.4. The fourth-order valence-corrected chi connectivity index (χ4v) is 5.61. The molecule has 4 rings (SSSR count). The molecule has 0 saturated carbocycles. The average molecular weight is 551 g/mol. The van der Waals surface area contributed by atoms with Gasteiger partial charge in [0.05, 0.1) is 17.5 Å². The standard InChI is InChI=1S/C29H34N4O5S/c1-28(2,3)38-27(36)32-29(11-13-37-14-12-29)26(35)31-22(17-30)15-19-5-7-20(8-6-19)21-9-10-23-24(16-21)39-18-25(34)33(23)4/h5-10,16,22H,11-15,18H2,1-4H3,(H,31,35)(H,32,36)/t22-/m0/s1. The Morgan fingerprint density at radius 2 is 1.82 bits per heavy atom. The number of anilines is 1. The summed E-state index contributed by atoms with van der Waals surface area (Å²) in [6.07, 6.45) is 0.207. The fourth-order valence-electron chi connectivity index (χ4n) is 4.58. The number of thioether (sulfide) groups is 1. The SMILES string of the molecule is CN1C(=O)CSc2cc(-c3ccc(C[C@@H](C#N)NC(=O)C4(NC(=O)OC(C)(C)C)CCOCC4)cc3)ccc21. The summed E-state index contributed by atoms with van der Waals surface area (Å²) in [5.41, 5.74) is 1.94. The summed E-state index contributed by atoms with van der Waals surface area (Å²) in [7, 11) is 1.79. The van der Waals surface area contributed by atoms with Crippen molar-refractivity contribution in [2.24, 2.45) is 0 Å². The van der Waals surface area contributed by atoms with Crippen LogP contribution in [-0.4, -0.2) is 61.1 Å². The second kappa shape index (κ2) is 11.7. The van der Waals surface area contributed by atoms with Crippen LogP contribution < -0.4 is 15.5 Å². The van der Waals surface area contributed by atoms with Crippen LogP contribution in [0.2, 0.25) is 0 Å². The van der Waals surface area contributed by atoms with Gasteiger partial charge in [0.25, 0.3) is 0 Å². The Hall–Kier alpha value is -3.55. The van der Waals surface area contributed by atoms with Crippen molar-refractivity contribution in [1.82, 2.24) is 10.6 Å². The number of ether oxygens (including phenoxy) is 2. The van der Waals surface area contributed by atoms with E-state index in [1.54, 1.807) is 32.7 Å². The molecule has 9 nitrogen and oxygen atoms in total. The van der Waals surface area contributed by atoms with E-state index < -0.39 is 29.2 Å². The van der Waals surface area contributed by atoms with Crippen molar-refractivity contribution in [1.29, 1.82) is 5.26 Å². The Labute approximate surface area is 233 Å². The Morgan fingerprint density at radius 3 is 2.46 bits per heavy atom. The maximum Gasteiger partial charge on any atom is 0.408 e. The van der Waals surface area contributed by atoms with Gasteiger partial charge in [0.1, 0.15) is 17.2 Å². The Morgan fingerprint density at radius 1 is 1.15 bits per heavy atom. The van der Waals surface area contributed by atoms with Crippen molar-refractivity contribution >= 4 is 35.4 Å². The molecule has 1 atom stereocenters. The molecule has 2 aliphatic heterocycles. The van der Waals surface area contributed by atoms with Crippen molar-refractivity contribution < 1.29 is 23.9 Å². The van der Waals surface area contributed by atoms with Gasteiger partial charge in [-0.2, -0.15) is 5.26 Å². The van der Waals surface area contributed by atoms with Crippen LogP contribution >= 0.6 is 11.8 Å². The smallest absolute Gasteiger partial charge is 0.408 e. The monoisotopic (exact) mass is 550 g/mol. The predicted molar refractivity (Wildman–Crippen MR) is 149 cm³/mol. The second-order valence-corrected chi connectivity index (χ2v) is 11.8. The summed E-state index contributed by atoms with van der Waals surface area (Å²) >= 11 is 1.54. The molecule has 0 radical (unpaired) electrons. The second-order valence-electron chi connectivity index (χ2n) is 10.8. The molecule has 0 spiro atoms. The third-order valence-corrected chi connectivity index (χ3v) is 7.79. The van der Waals surface area contributed by atoms with Crippen LogP contribution in [0.15, 0.2) is 47.4 Å². The summed E-state index contributed by atoms with van der Waals surface area (Å²) in [4.78, 5) is 40.6. The molecule has 3 amide bonds. The van der Waals surface area contributed by atoms with Gasteiger partial charge in [-0.05, 0) is 49.6 Å². The first-order valence-electron chi connectivity index (χ1n) is 12.9. The van der Waals surface area contributed by atoms with Crippen LogP contribution in [0, 0.1) is 11.3 Å². The van der Waals surface area contributed by atoms with Crippen LogP contribution in [0.25, 0.3) is 11.1 Å². The predicted octanol–water partition coefficient (Wildman–Crippen LogP) is 4.05. The van der Waals surface area contributed by atoms with E-state index in [0.717, 1.165) is 27.3 Å². The van der Waals surface area contributed by atoms with Crippen molar-refractivity contribution in [2.75, 3.05) is 30.9 Å². The third-order valence-electron chi connectivity index (χ3n) is 6.76. The van der Waals surface area contributed by atoms with Gasteiger partial charge in [-0.1, -0.05) is 30.3 Å². The van der Waals surface area contributed by atoms with Crippen LogP contribution in [0.1, 0.15) is 39.2 Å². The normalized spacial score (nSPS) is 17.4. The van der Waals surface area contributed by atoms with Gasteiger partial charge in [-0.3, -0.25) is 9.59 Å². The van der Waals surface area contributed by atoms with Gasteiger partial charge in [0.2, 0.25) is 11.8 Å². The van der Waals surface area contributed by atoms with Crippen molar-refractivity contribution in [3.8, 4) is 17.2 Å². The van der Waals surface area contributed by atoms with E-state index in [-0.39, 0.29) is 18.7 Å². The number of alkyl carbamates (subject to hydrolysis) is 1. The third kappa shape index (κ3) is 6.91. The lowest BCUT2D eigenvalue weighted by atomic mass is 9.88. The molecule has 1 saturated heterocycles. The van der Waals surface area contributed by atoms with Gasteiger partial charge in [0, 0.05) is 44.4 Å². The van der Waals surface area contributed by atoms with Gasteiger partial charge < -0.3 is 25.0 Å². The molecule has 2 aromatic carbocycles. The van der Waals surface area contributed by atoms with Gasteiger partial charge in [-0.15, -0.1) is 11.8 Å². The number of rotatable bonds is 6. The minimum atomic E-state index is -1.21. The van der Waals surface area contributed by atoms with Crippen LogP contribution in [0.3, 0.4) is 0 Å². The minimum Gasteiger partial charge on any atom is -0.444 e. The number of nitrogens with one attached hydrogen (secondary N) is 2. The van der Waals surface area contributed by atoms with Gasteiger partial charge >= 0.3 is 6.09 Å². The molecule has 0 bridgehead atoms. The topological polar surface area (TPSA) is 121 Å². The van der Waals surface area contributed by atoms with E-state index in [9.17, 15) is 19.6 Å². The van der Waals surface area contributed by atoms with Crippen molar-refractivity contribution in [3.63, 3.8) is 0 Å². The largest absolute Gasteiger partial charge is 0.444 e. The zero-order chi connectivity index (χ0) is 28.2. The Kier molecular flexibility index (Phi) is 8.52. The average Bonchev–Trinajstić information content (AvgIpc) is 2.90. The molecule has 10 heteroatoms. The summed E-state index contributed by atoms with van der Waals surface area (Å²) in [5.74, 6) is 0.0938. The Balaban J connectivity index is 1.43. The number of nitriles is 1. The van der Waals surface area contributed by atoms with E-state index in [4.69, 9.17) is 9.47 Å². The molecule has 2 aliphatic rings. The van der Waals surface area contributed by atoms with Crippen LogP contribution in [0.4, 0.5) is 10.5 Å². The van der Waals surface area contributed by atoms with E-state index >= 15 is 0 Å². The first-order chi connectivity index (χ1) is 18.5. The number of carbonyl (C=O) groups excluding carboxylic acids is 3. The molecule has 1 fully saturated rings. The zero-order valence-corrected chi connectivity index (χ0v) is 23.5.